The molecule has 0 unspecified atom stereocenters. The molecular weight excluding hydrogens is 401 g/mol. The van der Waals surface area contributed by atoms with E-state index in [0.29, 0.717) is 5.56 Å². The lowest BCUT2D eigenvalue weighted by molar-refractivity contribution is -0.385. The summed E-state index contributed by atoms with van der Waals surface area (Å²) in [4.78, 5) is 29.6. The highest BCUT2D eigenvalue weighted by Gasteiger charge is 2.33. The van der Waals surface area contributed by atoms with Gasteiger partial charge in [0.1, 0.15) is 12.0 Å². The minimum atomic E-state index is -4.60. The molecule has 1 N–H and O–H groups in total. The van der Waals surface area contributed by atoms with Crippen LogP contribution >= 0.6 is 11.8 Å². The number of amides is 1. The van der Waals surface area contributed by atoms with E-state index in [-0.39, 0.29) is 27.9 Å². The number of thioether (sulfide) groups is 1. The van der Waals surface area contributed by atoms with Crippen molar-refractivity contribution in [2.24, 2.45) is 0 Å². The van der Waals surface area contributed by atoms with Crippen LogP contribution in [0.3, 0.4) is 0 Å². The molecule has 0 fully saturated rings. The van der Waals surface area contributed by atoms with Crippen molar-refractivity contribution >= 4 is 34.7 Å². The summed E-state index contributed by atoms with van der Waals surface area (Å²) in [5.74, 6) is -0.617. The molecule has 0 saturated heterocycles. The van der Waals surface area contributed by atoms with Gasteiger partial charge in [0.25, 0.3) is 5.69 Å². The maximum absolute atomic E-state index is 12.7. The highest BCUT2D eigenvalue weighted by atomic mass is 32.2. The number of rotatable bonds is 5. The number of anilines is 1. The zero-order valence-electron chi connectivity index (χ0n) is 14.1. The van der Waals surface area contributed by atoms with Crippen molar-refractivity contribution in [1.29, 1.82) is 0 Å². The number of nitro groups is 1. The van der Waals surface area contributed by atoms with Gasteiger partial charge < -0.3 is 5.32 Å². The predicted molar refractivity (Wildman–Crippen MR) is 93.0 cm³/mol. The first-order valence-electron chi connectivity index (χ1n) is 7.61. The molecule has 0 bridgehead atoms. The number of carbonyl (C=O) groups excluding carboxylic acids is 1. The molecule has 146 valence electrons. The number of carbonyl (C=O) groups is 1. The molecule has 0 radical (unpaired) electrons. The fourth-order valence-corrected chi connectivity index (χ4v) is 2.84. The van der Waals surface area contributed by atoms with E-state index in [1.54, 1.807) is 6.92 Å². The second-order valence-electron chi connectivity index (χ2n) is 5.56. The van der Waals surface area contributed by atoms with Crippen LogP contribution in [0.5, 0.6) is 0 Å². The third kappa shape index (κ3) is 4.36. The van der Waals surface area contributed by atoms with Gasteiger partial charge >= 0.3 is 6.18 Å². The molecule has 1 amide bonds. The molecule has 0 saturated carbocycles. The fraction of sp³-hybridized carbons (Fsp3) is 0.200. The van der Waals surface area contributed by atoms with Gasteiger partial charge in [0.05, 0.1) is 10.7 Å². The summed E-state index contributed by atoms with van der Waals surface area (Å²) in [7, 11) is 0. The first kappa shape index (κ1) is 19.5. The monoisotopic (exact) mass is 412 g/mol. The van der Waals surface area contributed by atoms with E-state index in [4.69, 9.17) is 0 Å². The molecule has 3 aromatic rings. The standard InChI is InChI=1S/C15H11F3N6O3S/c1-8-2-3-9(4-10(8)24(26)27)20-13(25)6-28-14-21-12-5-11(15(16,17)18)19-7-23(12)22-14/h2-5,7H,6H2,1H3,(H,20,25). The van der Waals surface area contributed by atoms with Crippen LogP contribution in [0.15, 0.2) is 35.7 Å². The second-order valence-corrected chi connectivity index (χ2v) is 6.51. The van der Waals surface area contributed by atoms with Crippen molar-refractivity contribution in [2.75, 3.05) is 11.1 Å². The first-order chi connectivity index (χ1) is 13.1. The van der Waals surface area contributed by atoms with Gasteiger partial charge in [0, 0.05) is 23.4 Å². The van der Waals surface area contributed by atoms with Crippen LogP contribution in [-0.4, -0.2) is 36.2 Å². The Labute approximate surface area is 159 Å². The Morgan fingerprint density at radius 1 is 1.36 bits per heavy atom. The highest BCUT2D eigenvalue weighted by molar-refractivity contribution is 7.99. The van der Waals surface area contributed by atoms with Crippen LogP contribution in [0, 0.1) is 17.0 Å². The van der Waals surface area contributed by atoms with Crippen molar-refractivity contribution in [3.63, 3.8) is 0 Å². The van der Waals surface area contributed by atoms with Crippen molar-refractivity contribution in [1.82, 2.24) is 19.6 Å². The molecule has 0 spiro atoms. The first-order valence-corrected chi connectivity index (χ1v) is 8.59. The van der Waals surface area contributed by atoms with E-state index in [1.165, 1.54) is 18.2 Å². The number of nitrogens with one attached hydrogen (secondary N) is 1. The van der Waals surface area contributed by atoms with E-state index in [1.807, 2.05) is 0 Å². The zero-order valence-corrected chi connectivity index (χ0v) is 14.9. The summed E-state index contributed by atoms with van der Waals surface area (Å²) in [5.41, 5.74) is -0.564. The molecule has 13 heteroatoms. The molecular formula is C15H11F3N6O3S. The maximum atomic E-state index is 12.7. The average molecular weight is 412 g/mol. The van der Waals surface area contributed by atoms with Crippen molar-refractivity contribution < 1.29 is 22.9 Å². The zero-order chi connectivity index (χ0) is 20.5. The number of nitrogens with zero attached hydrogens (tertiary/aromatic N) is 5. The second kappa shape index (κ2) is 7.42. The SMILES string of the molecule is Cc1ccc(NC(=O)CSc2nc3cc(C(F)(F)F)ncn3n2)cc1[N+](=O)[O-]. The van der Waals surface area contributed by atoms with Crippen LogP contribution in [0.25, 0.3) is 5.65 Å². The minimum absolute atomic E-state index is 0.0561. The third-order valence-corrected chi connectivity index (χ3v) is 4.36. The molecule has 2 heterocycles. The Balaban J connectivity index is 1.66. The Morgan fingerprint density at radius 2 is 2.11 bits per heavy atom. The van der Waals surface area contributed by atoms with Gasteiger partial charge in [-0.1, -0.05) is 17.8 Å². The van der Waals surface area contributed by atoms with E-state index < -0.39 is 22.7 Å². The highest BCUT2D eigenvalue weighted by Crippen LogP contribution is 2.28. The van der Waals surface area contributed by atoms with Crippen LogP contribution in [0.2, 0.25) is 0 Å². The Kier molecular flexibility index (Phi) is 5.18. The molecule has 1 aromatic carbocycles. The summed E-state index contributed by atoms with van der Waals surface area (Å²) < 4.78 is 39.1. The number of alkyl halides is 3. The van der Waals surface area contributed by atoms with E-state index in [9.17, 15) is 28.1 Å². The number of fused-ring (bicyclic) bond motifs is 1. The molecule has 0 aliphatic heterocycles. The summed E-state index contributed by atoms with van der Waals surface area (Å²) in [6.07, 6.45) is -3.71. The van der Waals surface area contributed by atoms with Crippen molar-refractivity contribution in [3.05, 3.63) is 52.0 Å². The topological polar surface area (TPSA) is 115 Å². The predicted octanol–water partition coefficient (Wildman–Crippen LogP) is 3.09. The van der Waals surface area contributed by atoms with Gasteiger partial charge in [-0.15, -0.1) is 5.10 Å². The summed E-state index contributed by atoms with van der Waals surface area (Å²) in [5, 5.41) is 17.5. The Morgan fingerprint density at radius 3 is 2.79 bits per heavy atom. The largest absolute Gasteiger partial charge is 0.433 e. The van der Waals surface area contributed by atoms with E-state index in [2.05, 4.69) is 20.4 Å². The minimum Gasteiger partial charge on any atom is -0.325 e. The van der Waals surface area contributed by atoms with E-state index >= 15 is 0 Å². The van der Waals surface area contributed by atoms with Crippen LogP contribution in [0.4, 0.5) is 24.5 Å². The molecule has 3 rings (SSSR count). The van der Waals surface area contributed by atoms with Gasteiger partial charge in [-0.05, 0) is 13.0 Å². The molecule has 9 nitrogen and oxygen atoms in total. The quantitative estimate of drug-likeness (QED) is 0.389. The summed E-state index contributed by atoms with van der Waals surface area (Å²) >= 11 is 0.903. The summed E-state index contributed by atoms with van der Waals surface area (Å²) in [6, 6.07) is 5.03. The van der Waals surface area contributed by atoms with Crippen molar-refractivity contribution in [2.45, 2.75) is 18.3 Å². The molecule has 0 atom stereocenters. The van der Waals surface area contributed by atoms with Gasteiger partial charge in [-0.3, -0.25) is 14.9 Å². The van der Waals surface area contributed by atoms with Gasteiger partial charge in [-0.2, -0.15) is 13.2 Å². The number of hydrogen-bond acceptors (Lipinski definition) is 7. The number of benzene rings is 1. The number of halogens is 3. The summed E-state index contributed by atoms with van der Waals surface area (Å²) in [6.45, 7) is 1.58. The number of hydrogen-bond donors (Lipinski definition) is 1. The van der Waals surface area contributed by atoms with Crippen LogP contribution in [-0.2, 0) is 11.0 Å². The van der Waals surface area contributed by atoms with Gasteiger partial charge in [0.2, 0.25) is 11.1 Å². The van der Waals surface area contributed by atoms with Gasteiger partial charge in [-0.25, -0.2) is 14.5 Å². The average Bonchev–Trinajstić information content (AvgIpc) is 3.02. The Hall–Kier alpha value is -3.22. The van der Waals surface area contributed by atoms with Crippen LogP contribution < -0.4 is 5.32 Å². The normalized spacial score (nSPS) is 11.6. The molecule has 0 aliphatic carbocycles. The fourth-order valence-electron chi connectivity index (χ4n) is 2.20. The smallest absolute Gasteiger partial charge is 0.325 e. The number of aromatic nitrogens is 4. The molecule has 2 aromatic heterocycles. The number of nitro benzene ring substituents is 1. The lowest BCUT2D eigenvalue weighted by atomic mass is 10.2. The lowest BCUT2D eigenvalue weighted by Crippen LogP contribution is -2.14. The lowest BCUT2D eigenvalue weighted by Gasteiger charge is -2.05. The molecule has 28 heavy (non-hydrogen) atoms. The van der Waals surface area contributed by atoms with Gasteiger partial charge in [0.15, 0.2) is 5.65 Å². The third-order valence-electron chi connectivity index (χ3n) is 3.52. The van der Waals surface area contributed by atoms with Crippen molar-refractivity contribution in [3.8, 4) is 0 Å². The maximum Gasteiger partial charge on any atom is 0.433 e. The molecule has 0 aliphatic rings. The number of aryl methyl sites for hydroxylation is 1. The Bertz CT molecular complexity index is 1070. The van der Waals surface area contributed by atoms with Crippen LogP contribution in [0.1, 0.15) is 11.3 Å². The van der Waals surface area contributed by atoms with E-state index in [0.717, 1.165) is 28.7 Å².